The Morgan fingerprint density at radius 2 is 1.53 bits per heavy atom. The van der Waals surface area contributed by atoms with Crippen LogP contribution >= 0.6 is 0 Å². The Bertz CT molecular complexity index is 1050. The monoisotopic (exact) mass is 462 g/mol. The van der Waals surface area contributed by atoms with Crippen LogP contribution in [0.3, 0.4) is 0 Å². The quantitative estimate of drug-likeness (QED) is 0.494. The summed E-state index contributed by atoms with van der Waals surface area (Å²) in [6, 6.07) is 15.2. The summed E-state index contributed by atoms with van der Waals surface area (Å²) in [5, 5.41) is 14.8. The SMILES string of the molecule is O=C(O)CC(NC(=O)C(CC1CC1)NC(=O)OCC1c2ccccc2-c2ccccc21)C1CC1. The molecule has 2 atom stereocenters. The van der Waals surface area contributed by atoms with Crippen LogP contribution in [-0.2, 0) is 14.3 Å². The lowest BCUT2D eigenvalue weighted by atomic mass is 9.98. The van der Waals surface area contributed by atoms with Gasteiger partial charge in [0.2, 0.25) is 5.91 Å². The fourth-order valence-corrected chi connectivity index (χ4v) is 5.01. The predicted molar refractivity (Wildman–Crippen MR) is 126 cm³/mol. The van der Waals surface area contributed by atoms with Crippen LogP contribution < -0.4 is 10.6 Å². The molecule has 0 aliphatic heterocycles. The van der Waals surface area contributed by atoms with Gasteiger partial charge in [0, 0.05) is 12.0 Å². The van der Waals surface area contributed by atoms with Crippen molar-refractivity contribution in [1.29, 1.82) is 0 Å². The smallest absolute Gasteiger partial charge is 0.407 e. The van der Waals surface area contributed by atoms with Crippen molar-refractivity contribution >= 4 is 18.0 Å². The van der Waals surface area contributed by atoms with Crippen molar-refractivity contribution in [3.63, 3.8) is 0 Å². The molecule has 0 heterocycles. The number of rotatable bonds is 10. The second-order valence-electron chi connectivity index (χ2n) is 9.75. The van der Waals surface area contributed by atoms with E-state index in [9.17, 15) is 19.5 Å². The molecule has 2 aromatic rings. The van der Waals surface area contributed by atoms with Crippen LogP contribution in [0, 0.1) is 11.8 Å². The molecule has 2 unspecified atom stereocenters. The Hall–Kier alpha value is -3.35. The van der Waals surface area contributed by atoms with E-state index in [1.54, 1.807) is 0 Å². The third-order valence-corrected chi connectivity index (χ3v) is 7.13. The molecule has 2 aromatic carbocycles. The highest BCUT2D eigenvalue weighted by Crippen LogP contribution is 2.44. The van der Waals surface area contributed by atoms with Crippen molar-refractivity contribution in [2.45, 2.75) is 56.5 Å². The van der Waals surface area contributed by atoms with E-state index in [0.717, 1.165) is 47.9 Å². The second kappa shape index (κ2) is 9.49. The first-order chi connectivity index (χ1) is 16.5. The number of carboxylic acid groups (broad SMARTS) is 1. The van der Waals surface area contributed by atoms with Crippen LogP contribution in [0.1, 0.15) is 55.6 Å². The highest BCUT2D eigenvalue weighted by molar-refractivity contribution is 5.86. The Morgan fingerprint density at radius 3 is 2.09 bits per heavy atom. The van der Waals surface area contributed by atoms with Crippen LogP contribution in [0.4, 0.5) is 4.79 Å². The minimum atomic E-state index is -0.930. The van der Waals surface area contributed by atoms with Gasteiger partial charge in [-0.25, -0.2) is 4.79 Å². The van der Waals surface area contributed by atoms with Crippen LogP contribution in [0.5, 0.6) is 0 Å². The number of fused-ring (bicyclic) bond motifs is 3. The molecule has 0 aromatic heterocycles. The summed E-state index contributed by atoms with van der Waals surface area (Å²) >= 11 is 0. The maximum absolute atomic E-state index is 13.0. The summed E-state index contributed by atoms with van der Waals surface area (Å²) in [4.78, 5) is 36.9. The highest BCUT2D eigenvalue weighted by atomic mass is 16.5. The van der Waals surface area contributed by atoms with Crippen molar-refractivity contribution in [2.75, 3.05) is 6.61 Å². The van der Waals surface area contributed by atoms with Gasteiger partial charge in [-0.1, -0.05) is 61.4 Å². The standard InChI is InChI=1S/C27H30N2O5/c30-25(31)14-23(17-11-12-17)28-26(32)24(13-16-9-10-16)29-27(33)34-15-22-20-7-3-1-5-18(20)19-6-2-4-8-21(19)22/h1-8,16-17,22-24H,9-15H2,(H,28,32)(H,29,33)(H,30,31). The minimum Gasteiger partial charge on any atom is -0.481 e. The molecule has 0 bridgehead atoms. The third kappa shape index (κ3) is 5.08. The van der Waals surface area contributed by atoms with Gasteiger partial charge in [-0.15, -0.1) is 0 Å². The number of hydrogen-bond donors (Lipinski definition) is 3. The van der Waals surface area contributed by atoms with Crippen molar-refractivity contribution in [1.82, 2.24) is 10.6 Å². The molecular formula is C27H30N2O5. The van der Waals surface area contributed by atoms with Crippen LogP contribution in [0.15, 0.2) is 48.5 Å². The molecule has 3 aliphatic rings. The summed E-state index contributed by atoms with van der Waals surface area (Å²) in [5.41, 5.74) is 4.57. The zero-order chi connectivity index (χ0) is 23.7. The Kier molecular flexibility index (Phi) is 6.26. The van der Waals surface area contributed by atoms with Gasteiger partial charge in [0.15, 0.2) is 0 Å². The molecule has 3 N–H and O–H groups in total. The van der Waals surface area contributed by atoms with Gasteiger partial charge in [0.25, 0.3) is 0 Å². The largest absolute Gasteiger partial charge is 0.481 e. The van der Waals surface area contributed by atoms with E-state index in [1.165, 1.54) is 0 Å². The number of carbonyl (C=O) groups excluding carboxylic acids is 2. The van der Waals surface area contributed by atoms with Crippen LogP contribution in [0.2, 0.25) is 0 Å². The van der Waals surface area contributed by atoms with Gasteiger partial charge in [-0.3, -0.25) is 9.59 Å². The molecule has 0 radical (unpaired) electrons. The van der Waals surface area contributed by atoms with Crippen LogP contribution in [-0.4, -0.2) is 41.8 Å². The number of ether oxygens (including phenoxy) is 1. The summed E-state index contributed by atoms with van der Waals surface area (Å²) < 4.78 is 5.63. The molecule has 178 valence electrons. The molecule has 2 fully saturated rings. The van der Waals surface area contributed by atoms with Crippen molar-refractivity contribution in [3.8, 4) is 11.1 Å². The van der Waals surface area contributed by atoms with Gasteiger partial charge >= 0.3 is 12.1 Å². The molecule has 0 saturated heterocycles. The molecule has 7 nitrogen and oxygen atoms in total. The summed E-state index contributed by atoms with van der Waals surface area (Å²) in [6.45, 7) is 0.182. The highest BCUT2D eigenvalue weighted by Gasteiger charge is 2.37. The van der Waals surface area contributed by atoms with E-state index in [-0.39, 0.29) is 30.8 Å². The number of carbonyl (C=O) groups is 3. The number of aliphatic carboxylic acids is 1. The van der Waals surface area contributed by atoms with Gasteiger partial charge in [-0.05, 0) is 53.4 Å². The first-order valence-corrected chi connectivity index (χ1v) is 12.1. The number of alkyl carbamates (subject to hydrolysis) is 1. The number of carboxylic acids is 1. The van der Waals surface area contributed by atoms with E-state index in [1.807, 2.05) is 24.3 Å². The van der Waals surface area contributed by atoms with Gasteiger partial charge in [0.05, 0.1) is 6.42 Å². The van der Waals surface area contributed by atoms with E-state index < -0.39 is 24.1 Å². The lowest BCUT2D eigenvalue weighted by Crippen LogP contribution is -2.51. The normalized spacial score (nSPS) is 18.4. The molecule has 5 rings (SSSR count). The summed E-state index contributed by atoms with van der Waals surface area (Å²) in [6.07, 6.45) is 3.74. The maximum atomic E-state index is 13.0. The van der Waals surface area contributed by atoms with E-state index >= 15 is 0 Å². The lowest BCUT2D eigenvalue weighted by molar-refractivity contribution is -0.138. The maximum Gasteiger partial charge on any atom is 0.407 e. The Balaban J connectivity index is 1.22. The molecule has 0 spiro atoms. The molecule has 7 heteroatoms. The van der Waals surface area contributed by atoms with Gasteiger partial charge in [-0.2, -0.15) is 0 Å². The molecular weight excluding hydrogens is 432 g/mol. The molecule has 2 saturated carbocycles. The summed E-state index contributed by atoms with van der Waals surface area (Å²) in [7, 11) is 0. The Morgan fingerprint density at radius 1 is 0.912 bits per heavy atom. The van der Waals surface area contributed by atoms with Gasteiger partial charge < -0.3 is 20.5 Å². The zero-order valence-electron chi connectivity index (χ0n) is 19.0. The zero-order valence-corrected chi connectivity index (χ0v) is 19.0. The average molecular weight is 463 g/mol. The number of amides is 2. The average Bonchev–Trinajstić information content (AvgIpc) is 3.74. The fraction of sp³-hybridized carbons (Fsp3) is 0.444. The first kappa shape index (κ1) is 22.4. The second-order valence-corrected chi connectivity index (χ2v) is 9.75. The molecule has 34 heavy (non-hydrogen) atoms. The topological polar surface area (TPSA) is 105 Å². The summed E-state index contributed by atoms with van der Waals surface area (Å²) in [5.74, 6) is -0.692. The fourth-order valence-electron chi connectivity index (χ4n) is 5.01. The minimum absolute atomic E-state index is 0.0522. The third-order valence-electron chi connectivity index (χ3n) is 7.13. The number of hydrogen-bond acceptors (Lipinski definition) is 4. The molecule has 2 amide bonds. The van der Waals surface area contributed by atoms with Crippen molar-refractivity contribution in [2.24, 2.45) is 11.8 Å². The van der Waals surface area contributed by atoms with E-state index in [4.69, 9.17) is 4.74 Å². The number of benzene rings is 2. The van der Waals surface area contributed by atoms with Crippen molar-refractivity contribution < 1.29 is 24.2 Å². The van der Waals surface area contributed by atoms with Crippen molar-refractivity contribution in [3.05, 3.63) is 59.7 Å². The number of nitrogens with one attached hydrogen (secondary N) is 2. The predicted octanol–water partition coefficient (Wildman–Crippen LogP) is 4.06. The lowest BCUT2D eigenvalue weighted by Gasteiger charge is -2.23. The van der Waals surface area contributed by atoms with Gasteiger partial charge in [0.1, 0.15) is 12.6 Å². The molecule has 3 aliphatic carbocycles. The van der Waals surface area contributed by atoms with E-state index in [2.05, 4.69) is 34.9 Å². The Labute approximate surface area is 198 Å². The van der Waals surface area contributed by atoms with E-state index in [0.29, 0.717) is 12.3 Å². The van der Waals surface area contributed by atoms with Crippen LogP contribution in [0.25, 0.3) is 11.1 Å². The first-order valence-electron chi connectivity index (χ1n) is 12.1.